The van der Waals surface area contributed by atoms with Crippen LogP contribution in [0.2, 0.25) is 5.02 Å². The van der Waals surface area contributed by atoms with Crippen LogP contribution < -0.4 is 10.2 Å². The van der Waals surface area contributed by atoms with Gasteiger partial charge in [0.15, 0.2) is 5.69 Å². The summed E-state index contributed by atoms with van der Waals surface area (Å²) in [6.45, 7) is 5.37. The highest BCUT2D eigenvalue weighted by molar-refractivity contribution is 6.31. The first-order chi connectivity index (χ1) is 15.5. The van der Waals surface area contributed by atoms with E-state index in [0.29, 0.717) is 16.8 Å². The Labute approximate surface area is 190 Å². The number of rotatable bonds is 5. The summed E-state index contributed by atoms with van der Waals surface area (Å²) >= 11 is 6.21. The molecule has 0 aliphatic carbocycles. The van der Waals surface area contributed by atoms with Gasteiger partial charge in [-0.15, -0.1) is 0 Å². The van der Waals surface area contributed by atoms with Gasteiger partial charge in [-0.2, -0.15) is 0 Å². The predicted molar refractivity (Wildman–Crippen MR) is 122 cm³/mol. The fourth-order valence-corrected chi connectivity index (χ4v) is 4.88. The third-order valence-electron chi connectivity index (χ3n) is 6.23. The van der Waals surface area contributed by atoms with E-state index in [-0.39, 0.29) is 17.4 Å². The average molecular weight is 455 g/mol. The number of aromatic nitrogens is 1. The fraction of sp³-hybridized carbons (Fsp3) is 0.333. The number of aryl methyl sites for hydroxylation is 1. The second kappa shape index (κ2) is 8.56. The van der Waals surface area contributed by atoms with Crippen LogP contribution in [0, 0.1) is 12.7 Å². The van der Waals surface area contributed by atoms with Crippen LogP contribution in [0.1, 0.15) is 33.8 Å². The molecular formula is C24H24ClFN4O2. The number of halogens is 2. The molecule has 1 fully saturated rings. The van der Waals surface area contributed by atoms with Crippen LogP contribution >= 0.6 is 11.6 Å². The molecular weight excluding hydrogens is 431 g/mol. The molecule has 32 heavy (non-hydrogen) atoms. The monoisotopic (exact) mass is 454 g/mol. The minimum Gasteiger partial charge on any atom is -0.367 e. The van der Waals surface area contributed by atoms with Gasteiger partial charge in [0.25, 0.3) is 5.91 Å². The van der Waals surface area contributed by atoms with Gasteiger partial charge in [-0.3, -0.25) is 9.69 Å². The zero-order valence-corrected chi connectivity index (χ0v) is 18.5. The summed E-state index contributed by atoms with van der Waals surface area (Å²) in [4.78, 5) is 17.2. The van der Waals surface area contributed by atoms with Gasteiger partial charge in [-0.05, 0) is 61.2 Å². The minimum atomic E-state index is -0.307. The van der Waals surface area contributed by atoms with Gasteiger partial charge >= 0.3 is 0 Å². The van der Waals surface area contributed by atoms with E-state index in [2.05, 4.69) is 26.3 Å². The molecule has 2 aromatic carbocycles. The van der Waals surface area contributed by atoms with Crippen molar-refractivity contribution in [1.29, 1.82) is 0 Å². The van der Waals surface area contributed by atoms with Gasteiger partial charge in [0.2, 0.25) is 0 Å². The Kier molecular flexibility index (Phi) is 5.61. The molecule has 3 aromatic rings. The van der Waals surface area contributed by atoms with E-state index in [9.17, 15) is 9.18 Å². The summed E-state index contributed by atoms with van der Waals surface area (Å²) in [5.74, 6) is 0.0213. The summed E-state index contributed by atoms with van der Waals surface area (Å²) < 4.78 is 18.3. The zero-order chi connectivity index (χ0) is 22.2. The highest BCUT2D eigenvalue weighted by Crippen LogP contribution is 2.34. The standard InChI is InChI=1S/C24H24ClFN4O2/c1-15-10-22(28-32-15)24(31)27-19-4-5-23-16(11-19)6-9-30(23)20-7-8-29(14-20)13-17-2-3-18(26)12-21(17)25/h2-5,10-12,20H,6-9,13-14H2,1H3,(H,27,31). The second-order valence-electron chi connectivity index (χ2n) is 8.48. The van der Waals surface area contributed by atoms with Crippen molar-refractivity contribution >= 4 is 28.9 Å². The summed E-state index contributed by atoms with van der Waals surface area (Å²) in [5.41, 5.74) is 4.46. The largest absolute Gasteiger partial charge is 0.367 e. The lowest BCUT2D eigenvalue weighted by atomic mass is 10.1. The van der Waals surface area contributed by atoms with Crippen molar-refractivity contribution in [3.8, 4) is 0 Å². The molecule has 8 heteroatoms. The average Bonchev–Trinajstić information content (AvgIpc) is 3.49. The van der Waals surface area contributed by atoms with Crippen LogP contribution in [0.15, 0.2) is 47.0 Å². The number of hydrogen-bond donors (Lipinski definition) is 1. The van der Waals surface area contributed by atoms with Crippen molar-refractivity contribution < 1.29 is 13.7 Å². The number of anilines is 2. The molecule has 0 bridgehead atoms. The molecule has 3 heterocycles. The van der Waals surface area contributed by atoms with Crippen molar-refractivity contribution in [1.82, 2.24) is 10.1 Å². The molecule has 0 spiro atoms. The lowest BCUT2D eigenvalue weighted by molar-refractivity contribution is 0.101. The third kappa shape index (κ3) is 4.23. The van der Waals surface area contributed by atoms with Crippen LogP contribution in [-0.4, -0.2) is 41.6 Å². The number of carbonyl (C=O) groups is 1. The number of fused-ring (bicyclic) bond motifs is 1. The molecule has 2 aliphatic heterocycles. The molecule has 166 valence electrons. The maximum absolute atomic E-state index is 13.3. The minimum absolute atomic E-state index is 0.275. The molecule has 0 radical (unpaired) electrons. The predicted octanol–water partition coefficient (Wildman–Crippen LogP) is 4.66. The lowest BCUT2D eigenvalue weighted by Crippen LogP contribution is -2.36. The van der Waals surface area contributed by atoms with Gasteiger partial charge in [0.1, 0.15) is 11.6 Å². The number of nitrogens with one attached hydrogen (secondary N) is 1. The summed E-state index contributed by atoms with van der Waals surface area (Å²) in [6.07, 6.45) is 2.02. The molecule has 1 unspecified atom stereocenters. The maximum Gasteiger partial charge on any atom is 0.277 e. The molecule has 6 nitrogen and oxygen atoms in total. The number of benzene rings is 2. The van der Waals surface area contributed by atoms with Gasteiger partial charge < -0.3 is 14.7 Å². The van der Waals surface area contributed by atoms with Crippen LogP contribution in [-0.2, 0) is 13.0 Å². The Morgan fingerprint density at radius 1 is 1.25 bits per heavy atom. The van der Waals surface area contributed by atoms with Crippen LogP contribution in [0.25, 0.3) is 0 Å². The molecule has 1 aromatic heterocycles. The number of likely N-dealkylation sites (tertiary alicyclic amines) is 1. The highest BCUT2D eigenvalue weighted by atomic mass is 35.5. The maximum atomic E-state index is 13.3. The van der Waals surface area contributed by atoms with Crippen molar-refractivity contribution in [3.05, 3.63) is 75.9 Å². The van der Waals surface area contributed by atoms with Crippen molar-refractivity contribution in [2.75, 3.05) is 29.9 Å². The molecule has 1 amide bonds. The van der Waals surface area contributed by atoms with E-state index in [1.807, 2.05) is 12.1 Å². The number of amides is 1. The van der Waals surface area contributed by atoms with Crippen molar-refractivity contribution in [2.24, 2.45) is 0 Å². The zero-order valence-electron chi connectivity index (χ0n) is 17.8. The molecule has 2 aliphatic rings. The summed E-state index contributed by atoms with van der Waals surface area (Å²) in [5, 5.41) is 7.15. The van der Waals surface area contributed by atoms with E-state index in [4.69, 9.17) is 16.1 Å². The third-order valence-corrected chi connectivity index (χ3v) is 6.58. The quantitative estimate of drug-likeness (QED) is 0.607. The molecule has 5 rings (SSSR count). The van der Waals surface area contributed by atoms with Crippen LogP contribution in [0.3, 0.4) is 0 Å². The van der Waals surface area contributed by atoms with Crippen LogP contribution in [0.4, 0.5) is 15.8 Å². The first-order valence-electron chi connectivity index (χ1n) is 10.8. The Balaban J connectivity index is 1.23. The van der Waals surface area contributed by atoms with E-state index in [0.717, 1.165) is 50.3 Å². The molecule has 1 saturated heterocycles. The molecule has 1 N–H and O–H groups in total. The van der Waals surface area contributed by atoms with Gasteiger partial charge in [0, 0.05) is 54.7 Å². The SMILES string of the molecule is Cc1cc(C(=O)Nc2ccc3c(c2)CCN3C2CCN(Cc3ccc(F)cc3Cl)C2)no1. The Morgan fingerprint density at radius 3 is 2.91 bits per heavy atom. The summed E-state index contributed by atoms with van der Waals surface area (Å²) in [7, 11) is 0. The molecule has 1 atom stereocenters. The smallest absolute Gasteiger partial charge is 0.277 e. The molecule has 0 saturated carbocycles. The first kappa shape index (κ1) is 21.0. The Bertz CT molecular complexity index is 1160. The van der Waals surface area contributed by atoms with Crippen LogP contribution in [0.5, 0.6) is 0 Å². The van der Waals surface area contributed by atoms with Crippen molar-refractivity contribution in [3.63, 3.8) is 0 Å². The van der Waals surface area contributed by atoms with E-state index in [1.165, 1.54) is 23.4 Å². The topological polar surface area (TPSA) is 61.6 Å². The van der Waals surface area contributed by atoms with Crippen molar-refractivity contribution in [2.45, 2.75) is 32.4 Å². The van der Waals surface area contributed by atoms with E-state index in [1.54, 1.807) is 19.1 Å². The number of nitrogens with zero attached hydrogens (tertiary/aromatic N) is 3. The highest BCUT2D eigenvalue weighted by Gasteiger charge is 2.32. The second-order valence-corrected chi connectivity index (χ2v) is 8.88. The Hall–Kier alpha value is -2.90. The Morgan fingerprint density at radius 2 is 2.12 bits per heavy atom. The number of carbonyl (C=O) groups excluding carboxylic acids is 1. The van der Waals surface area contributed by atoms with Gasteiger partial charge in [0.05, 0.1) is 0 Å². The lowest BCUT2D eigenvalue weighted by Gasteiger charge is -2.27. The van der Waals surface area contributed by atoms with E-state index >= 15 is 0 Å². The summed E-state index contributed by atoms with van der Waals surface area (Å²) in [6, 6.07) is 12.7. The van der Waals surface area contributed by atoms with E-state index < -0.39 is 0 Å². The first-order valence-corrected chi connectivity index (χ1v) is 11.1. The number of hydrogen-bond acceptors (Lipinski definition) is 5. The fourth-order valence-electron chi connectivity index (χ4n) is 4.65. The normalized spacial score (nSPS) is 18.2. The van der Waals surface area contributed by atoms with Gasteiger partial charge in [-0.1, -0.05) is 22.8 Å². The van der Waals surface area contributed by atoms with Gasteiger partial charge in [-0.25, -0.2) is 4.39 Å².